The molecule has 0 bridgehead atoms. The fraction of sp³-hybridized carbons (Fsp3) is 0.111. The van der Waals surface area contributed by atoms with E-state index in [1.807, 2.05) is 37.3 Å². The van der Waals surface area contributed by atoms with Crippen molar-refractivity contribution in [2.75, 3.05) is 11.9 Å². The molecule has 0 saturated carbocycles. The molecule has 1 heterocycles. The van der Waals surface area contributed by atoms with Crippen molar-refractivity contribution in [3.8, 4) is 22.9 Å². The first kappa shape index (κ1) is 16.3. The van der Waals surface area contributed by atoms with E-state index in [4.69, 9.17) is 22.8 Å². The Bertz CT molecular complexity index is 959. The molecule has 0 fully saturated rings. The summed E-state index contributed by atoms with van der Waals surface area (Å²) >= 11 is 7.59. The minimum Gasteiger partial charge on any atom is -0.436 e. The number of terminal acetylenes is 1. The number of benzene rings is 2. The zero-order valence-corrected chi connectivity index (χ0v) is 14.4. The van der Waals surface area contributed by atoms with E-state index in [9.17, 15) is 4.79 Å². The van der Waals surface area contributed by atoms with Crippen LogP contribution >= 0.6 is 22.9 Å². The summed E-state index contributed by atoms with van der Waals surface area (Å²) in [6.07, 6.45) is 4.48. The van der Waals surface area contributed by atoms with Crippen molar-refractivity contribution in [1.82, 2.24) is 4.98 Å². The Morgan fingerprint density at radius 1 is 1.38 bits per heavy atom. The summed E-state index contributed by atoms with van der Waals surface area (Å²) in [6, 6.07) is 11.2. The molecule has 6 heteroatoms. The number of thiazole rings is 1. The molecule has 24 heavy (non-hydrogen) atoms. The molecule has 0 aliphatic heterocycles. The van der Waals surface area contributed by atoms with Gasteiger partial charge < -0.3 is 4.74 Å². The maximum atomic E-state index is 11.6. The third-order valence-corrected chi connectivity index (χ3v) is 4.66. The second-order valence-corrected chi connectivity index (χ2v) is 6.53. The summed E-state index contributed by atoms with van der Waals surface area (Å²) < 4.78 is 5.87. The van der Waals surface area contributed by atoms with Gasteiger partial charge in [0.05, 0.1) is 10.2 Å². The maximum Gasteiger partial charge on any atom is 0.412 e. The summed E-state index contributed by atoms with van der Waals surface area (Å²) in [7, 11) is 0. The number of carbonyl (C=O) groups is 1. The molecule has 0 saturated heterocycles. The Morgan fingerprint density at radius 2 is 2.21 bits per heavy atom. The highest BCUT2D eigenvalue weighted by atomic mass is 35.5. The van der Waals surface area contributed by atoms with E-state index >= 15 is 0 Å². The lowest BCUT2D eigenvalue weighted by Gasteiger charge is -2.08. The molecule has 4 nitrogen and oxygen atoms in total. The van der Waals surface area contributed by atoms with E-state index in [1.54, 1.807) is 17.4 Å². The number of aromatic nitrogens is 1. The number of rotatable bonds is 3. The molecule has 0 aliphatic rings. The standard InChI is InChI=1S/C18H13ClN2O2S/c1-3-8-23-18(22)20-13-6-4-11(2)14(10-13)17-21-15-9-12(19)5-7-16(15)24-17/h1,4-7,9-10H,8H2,2H3,(H,20,22). The van der Waals surface area contributed by atoms with Gasteiger partial charge in [-0.1, -0.05) is 23.6 Å². The summed E-state index contributed by atoms with van der Waals surface area (Å²) in [6.45, 7) is 1.93. The monoisotopic (exact) mass is 356 g/mol. The average Bonchev–Trinajstić information content (AvgIpc) is 2.97. The highest BCUT2D eigenvalue weighted by Crippen LogP contribution is 2.34. The van der Waals surface area contributed by atoms with E-state index in [1.165, 1.54) is 0 Å². The highest BCUT2D eigenvalue weighted by Gasteiger charge is 2.11. The summed E-state index contributed by atoms with van der Waals surface area (Å²) in [5.41, 5.74) is 3.48. The summed E-state index contributed by atoms with van der Waals surface area (Å²) in [5.74, 6) is 2.25. The molecule has 3 rings (SSSR count). The molecule has 0 atom stereocenters. The van der Waals surface area contributed by atoms with Crippen molar-refractivity contribution in [3.05, 3.63) is 47.0 Å². The normalized spacial score (nSPS) is 10.4. The molecule has 0 spiro atoms. The Hall–Kier alpha value is -2.55. The van der Waals surface area contributed by atoms with Crippen molar-refractivity contribution in [1.29, 1.82) is 0 Å². The fourth-order valence-corrected chi connectivity index (χ4v) is 3.40. The second kappa shape index (κ2) is 6.91. The van der Waals surface area contributed by atoms with Crippen LogP contribution in [0.2, 0.25) is 5.02 Å². The Morgan fingerprint density at radius 3 is 3.00 bits per heavy atom. The van der Waals surface area contributed by atoms with Crippen LogP contribution in [0.25, 0.3) is 20.8 Å². The van der Waals surface area contributed by atoms with Crippen LogP contribution in [0.1, 0.15) is 5.56 Å². The van der Waals surface area contributed by atoms with Crippen LogP contribution in [-0.4, -0.2) is 17.7 Å². The molecule has 0 radical (unpaired) electrons. The first-order valence-corrected chi connectivity index (χ1v) is 8.30. The third kappa shape index (κ3) is 3.51. The smallest absolute Gasteiger partial charge is 0.412 e. The quantitative estimate of drug-likeness (QED) is 0.664. The highest BCUT2D eigenvalue weighted by molar-refractivity contribution is 7.21. The number of fused-ring (bicyclic) bond motifs is 1. The molecular formula is C18H13ClN2O2S. The van der Waals surface area contributed by atoms with Gasteiger partial charge in [-0.25, -0.2) is 9.78 Å². The van der Waals surface area contributed by atoms with Crippen LogP contribution in [0.5, 0.6) is 0 Å². The lowest BCUT2D eigenvalue weighted by atomic mass is 10.1. The summed E-state index contributed by atoms with van der Waals surface area (Å²) in [5, 5.41) is 4.18. The van der Waals surface area contributed by atoms with E-state index < -0.39 is 6.09 Å². The van der Waals surface area contributed by atoms with Crippen LogP contribution in [0, 0.1) is 19.3 Å². The number of amides is 1. The Kier molecular flexibility index (Phi) is 4.70. The molecule has 0 unspecified atom stereocenters. The van der Waals surface area contributed by atoms with Gasteiger partial charge in [-0.05, 0) is 42.8 Å². The number of anilines is 1. The van der Waals surface area contributed by atoms with Gasteiger partial charge in [-0.2, -0.15) is 0 Å². The van der Waals surface area contributed by atoms with Gasteiger partial charge in [0.1, 0.15) is 5.01 Å². The van der Waals surface area contributed by atoms with Crippen molar-refractivity contribution >= 4 is 44.9 Å². The molecule has 1 aromatic heterocycles. The molecule has 1 amide bonds. The predicted octanol–water partition coefficient (Wildman–Crippen LogP) is 5.11. The first-order valence-electron chi connectivity index (χ1n) is 7.11. The first-order chi connectivity index (χ1) is 11.6. The van der Waals surface area contributed by atoms with Crippen LogP contribution in [0.3, 0.4) is 0 Å². The van der Waals surface area contributed by atoms with E-state index in [0.29, 0.717) is 10.7 Å². The number of hydrogen-bond donors (Lipinski definition) is 1. The minimum atomic E-state index is -0.584. The average molecular weight is 357 g/mol. The van der Waals surface area contributed by atoms with Crippen molar-refractivity contribution in [2.24, 2.45) is 0 Å². The molecule has 1 N–H and O–H groups in total. The molecule has 120 valence electrons. The SMILES string of the molecule is C#CCOC(=O)Nc1ccc(C)c(-c2nc3cc(Cl)ccc3s2)c1. The Balaban J connectivity index is 1.93. The molecule has 3 aromatic rings. The van der Waals surface area contributed by atoms with Crippen LogP contribution < -0.4 is 5.32 Å². The van der Waals surface area contributed by atoms with Crippen molar-refractivity contribution < 1.29 is 9.53 Å². The Labute approximate surface area is 148 Å². The number of nitrogens with zero attached hydrogens (tertiary/aromatic N) is 1. The number of halogens is 1. The number of nitrogens with one attached hydrogen (secondary N) is 1. The molecule has 2 aromatic carbocycles. The van der Waals surface area contributed by atoms with E-state index in [-0.39, 0.29) is 6.61 Å². The van der Waals surface area contributed by atoms with Gasteiger partial charge in [0, 0.05) is 16.3 Å². The number of hydrogen-bond acceptors (Lipinski definition) is 4. The van der Waals surface area contributed by atoms with Crippen LogP contribution in [0.15, 0.2) is 36.4 Å². The number of aryl methyl sites for hydroxylation is 1. The zero-order valence-electron chi connectivity index (χ0n) is 12.8. The van der Waals surface area contributed by atoms with Gasteiger partial charge in [-0.3, -0.25) is 5.32 Å². The van der Waals surface area contributed by atoms with Gasteiger partial charge in [0.15, 0.2) is 6.61 Å². The van der Waals surface area contributed by atoms with Crippen molar-refractivity contribution in [2.45, 2.75) is 6.92 Å². The van der Waals surface area contributed by atoms with E-state index in [0.717, 1.165) is 26.4 Å². The number of carbonyl (C=O) groups excluding carboxylic acids is 1. The number of ether oxygens (including phenoxy) is 1. The lowest BCUT2D eigenvalue weighted by molar-refractivity contribution is 0.176. The summed E-state index contributed by atoms with van der Waals surface area (Å²) in [4.78, 5) is 16.3. The lowest BCUT2D eigenvalue weighted by Crippen LogP contribution is -2.13. The zero-order chi connectivity index (χ0) is 17.1. The van der Waals surface area contributed by atoms with Gasteiger partial charge >= 0.3 is 6.09 Å². The largest absolute Gasteiger partial charge is 0.436 e. The third-order valence-electron chi connectivity index (χ3n) is 3.35. The topological polar surface area (TPSA) is 51.2 Å². The maximum absolute atomic E-state index is 11.6. The second-order valence-electron chi connectivity index (χ2n) is 5.07. The van der Waals surface area contributed by atoms with Gasteiger partial charge in [0.25, 0.3) is 0 Å². The molecule has 0 aliphatic carbocycles. The van der Waals surface area contributed by atoms with Crippen molar-refractivity contribution in [3.63, 3.8) is 0 Å². The van der Waals surface area contributed by atoms with Crippen LogP contribution in [0.4, 0.5) is 10.5 Å². The van der Waals surface area contributed by atoms with Crippen LogP contribution in [-0.2, 0) is 4.74 Å². The predicted molar refractivity (Wildman–Crippen MR) is 98.6 cm³/mol. The molecular weight excluding hydrogens is 344 g/mol. The van der Waals surface area contributed by atoms with Gasteiger partial charge in [-0.15, -0.1) is 17.8 Å². The minimum absolute atomic E-state index is 0.0663. The fourth-order valence-electron chi connectivity index (χ4n) is 2.21. The van der Waals surface area contributed by atoms with Gasteiger partial charge in [0.2, 0.25) is 0 Å². The van der Waals surface area contributed by atoms with E-state index in [2.05, 4.69) is 16.2 Å².